The molecular weight excluding hydrogens is 322 g/mol. The first kappa shape index (κ1) is 18.2. The highest BCUT2D eigenvalue weighted by molar-refractivity contribution is 5.64. The third kappa shape index (κ3) is 3.65. The fourth-order valence-corrected chi connectivity index (χ4v) is 3.23. The Morgan fingerprint density at radius 2 is 1.88 bits per heavy atom. The van der Waals surface area contributed by atoms with E-state index >= 15 is 0 Å². The number of nitrogens with one attached hydrogen (secondary N) is 1. The van der Waals surface area contributed by atoms with Gasteiger partial charge in [-0.1, -0.05) is 30.3 Å². The van der Waals surface area contributed by atoms with Gasteiger partial charge in [0.15, 0.2) is 0 Å². The number of methoxy groups -OCH3 is 1. The fourth-order valence-electron chi connectivity index (χ4n) is 3.23. The van der Waals surface area contributed by atoms with Gasteiger partial charge in [0.25, 0.3) is 0 Å². The molecule has 0 aliphatic carbocycles. The minimum absolute atomic E-state index is 0.230. The summed E-state index contributed by atoms with van der Waals surface area (Å²) in [7, 11) is 3.85. The SMILES string of the molecule is COc1ccccc1[C@@H](C)N(C)Cc1cn[nH]c1-c1ccc(C)c(C)c1. The number of H-pyrrole nitrogens is 1. The average Bonchev–Trinajstić information content (AvgIpc) is 3.11. The summed E-state index contributed by atoms with van der Waals surface area (Å²) in [5.74, 6) is 0.924. The molecule has 0 fully saturated rings. The fraction of sp³-hybridized carbons (Fsp3) is 0.318. The highest BCUT2D eigenvalue weighted by Crippen LogP contribution is 2.30. The first-order valence-corrected chi connectivity index (χ1v) is 8.94. The number of para-hydroxylation sites is 1. The minimum Gasteiger partial charge on any atom is -0.496 e. The van der Waals surface area contributed by atoms with E-state index in [1.165, 1.54) is 27.8 Å². The number of benzene rings is 2. The second-order valence-corrected chi connectivity index (χ2v) is 6.90. The molecule has 1 atom stereocenters. The molecule has 4 nitrogen and oxygen atoms in total. The van der Waals surface area contributed by atoms with Crippen molar-refractivity contribution in [2.75, 3.05) is 14.2 Å². The maximum atomic E-state index is 5.52. The largest absolute Gasteiger partial charge is 0.496 e. The van der Waals surface area contributed by atoms with Gasteiger partial charge in [-0.15, -0.1) is 0 Å². The first-order valence-electron chi connectivity index (χ1n) is 8.94. The van der Waals surface area contributed by atoms with Crippen LogP contribution in [0.5, 0.6) is 5.75 Å². The van der Waals surface area contributed by atoms with Gasteiger partial charge in [0.2, 0.25) is 0 Å². The number of hydrogen-bond donors (Lipinski definition) is 1. The van der Waals surface area contributed by atoms with E-state index < -0.39 is 0 Å². The van der Waals surface area contributed by atoms with E-state index in [-0.39, 0.29) is 6.04 Å². The Kier molecular flexibility index (Phi) is 5.43. The Morgan fingerprint density at radius 1 is 1.12 bits per heavy atom. The molecule has 0 aliphatic rings. The number of aromatic nitrogens is 2. The van der Waals surface area contributed by atoms with E-state index in [1.807, 2.05) is 18.3 Å². The Balaban J connectivity index is 1.83. The third-order valence-corrected chi connectivity index (χ3v) is 5.18. The Labute approximate surface area is 155 Å². The lowest BCUT2D eigenvalue weighted by molar-refractivity contribution is 0.247. The van der Waals surface area contributed by atoms with Crippen molar-refractivity contribution in [3.63, 3.8) is 0 Å². The molecule has 0 amide bonds. The highest BCUT2D eigenvalue weighted by atomic mass is 16.5. The second-order valence-electron chi connectivity index (χ2n) is 6.90. The van der Waals surface area contributed by atoms with E-state index in [4.69, 9.17) is 4.74 Å². The Hall–Kier alpha value is -2.59. The van der Waals surface area contributed by atoms with Crippen molar-refractivity contribution in [3.05, 3.63) is 70.9 Å². The van der Waals surface area contributed by atoms with Crippen molar-refractivity contribution in [1.29, 1.82) is 0 Å². The molecule has 26 heavy (non-hydrogen) atoms. The summed E-state index contributed by atoms with van der Waals surface area (Å²) in [6.45, 7) is 7.28. The van der Waals surface area contributed by atoms with E-state index in [2.05, 4.69) is 73.2 Å². The molecule has 1 heterocycles. The van der Waals surface area contributed by atoms with Gasteiger partial charge in [0, 0.05) is 29.3 Å². The quantitative estimate of drug-likeness (QED) is 0.688. The maximum Gasteiger partial charge on any atom is 0.123 e. The summed E-state index contributed by atoms with van der Waals surface area (Å²) in [5.41, 5.74) is 7.24. The lowest BCUT2D eigenvalue weighted by Crippen LogP contribution is -2.22. The number of hydrogen-bond acceptors (Lipinski definition) is 3. The summed E-state index contributed by atoms with van der Waals surface area (Å²) < 4.78 is 5.52. The standard InChI is InChI=1S/C22H27N3O/c1-15-10-11-18(12-16(15)2)22-19(13-23-24-22)14-25(4)17(3)20-8-6-7-9-21(20)26-5/h6-13,17H,14H2,1-5H3,(H,23,24)/t17-/m1/s1. The van der Waals surface area contributed by atoms with Crippen LogP contribution in [0.25, 0.3) is 11.3 Å². The average molecular weight is 349 g/mol. The molecule has 3 aromatic rings. The zero-order valence-electron chi connectivity index (χ0n) is 16.2. The molecule has 2 aromatic carbocycles. The molecule has 3 rings (SSSR count). The monoisotopic (exact) mass is 349 g/mol. The van der Waals surface area contributed by atoms with Crippen LogP contribution in [0.2, 0.25) is 0 Å². The zero-order chi connectivity index (χ0) is 18.7. The van der Waals surface area contributed by atoms with Crippen LogP contribution in [0.15, 0.2) is 48.7 Å². The molecule has 0 radical (unpaired) electrons. The van der Waals surface area contributed by atoms with Crippen LogP contribution in [0.4, 0.5) is 0 Å². The predicted molar refractivity (Wildman–Crippen MR) is 106 cm³/mol. The molecule has 136 valence electrons. The van der Waals surface area contributed by atoms with Crippen molar-refractivity contribution < 1.29 is 4.74 Å². The van der Waals surface area contributed by atoms with Crippen molar-refractivity contribution in [3.8, 4) is 17.0 Å². The molecule has 1 aromatic heterocycles. The van der Waals surface area contributed by atoms with Gasteiger partial charge in [0.1, 0.15) is 5.75 Å². The molecule has 0 aliphatic heterocycles. The van der Waals surface area contributed by atoms with Gasteiger partial charge < -0.3 is 4.74 Å². The number of ether oxygens (including phenoxy) is 1. The van der Waals surface area contributed by atoms with Crippen LogP contribution < -0.4 is 4.74 Å². The summed E-state index contributed by atoms with van der Waals surface area (Å²) in [4.78, 5) is 2.31. The number of aromatic amines is 1. The topological polar surface area (TPSA) is 41.1 Å². The third-order valence-electron chi connectivity index (χ3n) is 5.18. The van der Waals surface area contributed by atoms with Gasteiger partial charge in [0.05, 0.1) is 19.0 Å². The molecule has 0 saturated carbocycles. The van der Waals surface area contributed by atoms with E-state index in [9.17, 15) is 0 Å². The van der Waals surface area contributed by atoms with Crippen LogP contribution >= 0.6 is 0 Å². The lowest BCUT2D eigenvalue weighted by atomic mass is 10.0. The van der Waals surface area contributed by atoms with Gasteiger partial charge in [-0.2, -0.15) is 5.10 Å². The van der Waals surface area contributed by atoms with Crippen molar-refractivity contribution >= 4 is 0 Å². The highest BCUT2D eigenvalue weighted by Gasteiger charge is 2.18. The lowest BCUT2D eigenvalue weighted by Gasteiger charge is -2.26. The molecule has 4 heteroatoms. The van der Waals surface area contributed by atoms with Crippen LogP contribution in [0.1, 0.15) is 35.2 Å². The number of aryl methyl sites for hydroxylation is 2. The van der Waals surface area contributed by atoms with E-state index in [1.54, 1.807) is 7.11 Å². The predicted octanol–water partition coefficient (Wildman–Crippen LogP) is 4.90. The molecule has 0 unspecified atom stereocenters. The number of nitrogens with zero attached hydrogens (tertiary/aromatic N) is 2. The van der Waals surface area contributed by atoms with Gasteiger partial charge >= 0.3 is 0 Å². The van der Waals surface area contributed by atoms with Crippen LogP contribution in [0, 0.1) is 13.8 Å². The molecule has 0 bridgehead atoms. The summed E-state index contributed by atoms with van der Waals surface area (Å²) in [6.07, 6.45) is 1.93. The van der Waals surface area contributed by atoms with Crippen molar-refractivity contribution in [1.82, 2.24) is 15.1 Å². The number of rotatable bonds is 6. The summed E-state index contributed by atoms with van der Waals surface area (Å²) in [5, 5.41) is 7.47. The van der Waals surface area contributed by atoms with Crippen molar-refractivity contribution in [2.45, 2.75) is 33.4 Å². The first-order chi connectivity index (χ1) is 12.5. The van der Waals surface area contributed by atoms with Crippen molar-refractivity contribution in [2.24, 2.45) is 0 Å². The summed E-state index contributed by atoms with van der Waals surface area (Å²) >= 11 is 0. The molecular formula is C22H27N3O. The van der Waals surface area contributed by atoms with Gasteiger partial charge in [-0.05, 0) is 51.1 Å². The minimum atomic E-state index is 0.230. The normalized spacial score (nSPS) is 12.4. The molecule has 0 spiro atoms. The Morgan fingerprint density at radius 3 is 2.62 bits per heavy atom. The second kappa shape index (κ2) is 7.75. The summed E-state index contributed by atoms with van der Waals surface area (Å²) in [6, 6.07) is 15.0. The van der Waals surface area contributed by atoms with E-state index in [0.29, 0.717) is 0 Å². The Bertz CT molecular complexity index is 885. The van der Waals surface area contributed by atoms with Crippen LogP contribution in [-0.4, -0.2) is 29.3 Å². The van der Waals surface area contributed by atoms with Crippen LogP contribution in [0.3, 0.4) is 0 Å². The molecule has 1 N–H and O–H groups in total. The molecule has 0 saturated heterocycles. The maximum absolute atomic E-state index is 5.52. The smallest absolute Gasteiger partial charge is 0.123 e. The zero-order valence-corrected chi connectivity index (χ0v) is 16.2. The van der Waals surface area contributed by atoms with Gasteiger partial charge in [-0.3, -0.25) is 10.00 Å². The van der Waals surface area contributed by atoms with Crippen LogP contribution in [-0.2, 0) is 6.54 Å². The van der Waals surface area contributed by atoms with Gasteiger partial charge in [-0.25, -0.2) is 0 Å². The van der Waals surface area contributed by atoms with E-state index in [0.717, 1.165) is 18.0 Å².